The maximum atomic E-state index is 13.9. The maximum absolute atomic E-state index is 13.9. The summed E-state index contributed by atoms with van der Waals surface area (Å²) in [4.78, 5) is 21.9. The van der Waals surface area contributed by atoms with Gasteiger partial charge in [-0.1, -0.05) is 6.92 Å². The van der Waals surface area contributed by atoms with Crippen molar-refractivity contribution < 1.29 is 22.3 Å². The zero-order valence-electron chi connectivity index (χ0n) is 18.0. The first-order valence-corrected chi connectivity index (χ1v) is 10.8. The SMILES string of the molecule is CC(CS(=O)(=O)C(C)(C)C(=N)N)c1cc(NC=O)ncc1F.COc1cnc(C)cn1. The number of anilines is 1. The van der Waals surface area contributed by atoms with Gasteiger partial charge < -0.3 is 15.8 Å². The summed E-state index contributed by atoms with van der Waals surface area (Å²) in [5, 5.41) is 9.68. The molecule has 0 bridgehead atoms. The van der Waals surface area contributed by atoms with Crippen molar-refractivity contribution in [3.63, 3.8) is 0 Å². The Bertz CT molecular complexity index is 1010. The van der Waals surface area contributed by atoms with Crippen LogP contribution in [0.4, 0.5) is 10.2 Å². The summed E-state index contributed by atoms with van der Waals surface area (Å²) in [5.41, 5.74) is 6.35. The number of amidine groups is 1. The fourth-order valence-corrected chi connectivity index (χ4v) is 3.84. The molecule has 0 aliphatic heterocycles. The Morgan fingerprint density at radius 1 is 1.32 bits per heavy atom. The number of carbonyl (C=O) groups excluding carboxylic acids is 1. The lowest BCUT2D eigenvalue weighted by molar-refractivity contribution is -0.105. The molecule has 0 fully saturated rings. The predicted octanol–water partition coefficient (Wildman–Crippen LogP) is 1.82. The van der Waals surface area contributed by atoms with E-state index in [1.807, 2.05) is 6.92 Å². The van der Waals surface area contributed by atoms with E-state index in [9.17, 15) is 17.6 Å². The molecule has 2 aromatic heterocycles. The van der Waals surface area contributed by atoms with Gasteiger partial charge in [-0.25, -0.2) is 22.8 Å². The fraction of sp³-hybridized carbons (Fsp3) is 0.421. The summed E-state index contributed by atoms with van der Waals surface area (Å²) in [6, 6.07) is 1.28. The van der Waals surface area contributed by atoms with Crippen molar-refractivity contribution in [2.75, 3.05) is 18.2 Å². The molecular formula is C19H27FN6O4S. The maximum Gasteiger partial charge on any atom is 0.231 e. The van der Waals surface area contributed by atoms with Crippen LogP contribution in [0.2, 0.25) is 0 Å². The smallest absolute Gasteiger partial charge is 0.231 e. The average Bonchev–Trinajstić information content (AvgIpc) is 2.70. The lowest BCUT2D eigenvalue weighted by atomic mass is 10.0. The highest BCUT2D eigenvalue weighted by atomic mass is 32.2. The van der Waals surface area contributed by atoms with Crippen LogP contribution in [0.15, 0.2) is 24.7 Å². The Balaban J connectivity index is 0.000000442. The third-order valence-electron chi connectivity index (χ3n) is 4.48. The first-order valence-electron chi connectivity index (χ1n) is 9.10. The number of hydrogen-bond donors (Lipinski definition) is 3. The average molecular weight is 455 g/mol. The molecule has 12 heteroatoms. The summed E-state index contributed by atoms with van der Waals surface area (Å²) < 4.78 is 41.9. The van der Waals surface area contributed by atoms with E-state index < -0.39 is 32.2 Å². The van der Waals surface area contributed by atoms with Gasteiger partial charge >= 0.3 is 0 Å². The molecule has 2 aromatic rings. The van der Waals surface area contributed by atoms with Gasteiger partial charge in [0.2, 0.25) is 12.3 Å². The van der Waals surface area contributed by atoms with E-state index in [4.69, 9.17) is 15.9 Å². The Labute approximate surface area is 180 Å². The second-order valence-electron chi connectivity index (χ2n) is 7.16. The standard InChI is InChI=1S/C13H19FN4O3S.C6H8N2O/c1-8(6-22(20,21)13(2,3)12(15)16)9-4-11(18-7-19)17-5-10(9)14;1-5-3-8-6(9-2)4-7-5/h4-5,7-8H,6H2,1-3H3,(H3,15,16)(H,17,18,19);3-4H,1-2H3. The number of hydrogen-bond acceptors (Lipinski definition) is 8. The molecule has 0 aromatic carbocycles. The molecule has 4 N–H and O–H groups in total. The molecule has 10 nitrogen and oxygen atoms in total. The number of halogens is 1. The van der Waals surface area contributed by atoms with Crippen LogP contribution >= 0.6 is 0 Å². The number of nitrogens with zero attached hydrogens (tertiary/aromatic N) is 3. The molecule has 0 aliphatic rings. The highest BCUT2D eigenvalue weighted by molar-refractivity contribution is 7.93. The van der Waals surface area contributed by atoms with Crippen LogP contribution < -0.4 is 15.8 Å². The molecule has 0 saturated carbocycles. The van der Waals surface area contributed by atoms with Crippen molar-refractivity contribution in [1.82, 2.24) is 15.0 Å². The van der Waals surface area contributed by atoms with E-state index in [-0.39, 0.29) is 17.1 Å². The van der Waals surface area contributed by atoms with Crippen molar-refractivity contribution in [2.45, 2.75) is 38.4 Å². The Morgan fingerprint density at radius 2 is 1.97 bits per heavy atom. The number of amides is 1. The van der Waals surface area contributed by atoms with Crippen LogP contribution in [0.1, 0.15) is 37.9 Å². The molecule has 2 heterocycles. The van der Waals surface area contributed by atoms with Gasteiger partial charge in [-0.3, -0.25) is 15.2 Å². The number of nitrogens with two attached hydrogens (primary N) is 1. The summed E-state index contributed by atoms with van der Waals surface area (Å²) in [6.45, 7) is 6.09. The Kier molecular flexibility index (Phi) is 8.98. The summed E-state index contributed by atoms with van der Waals surface area (Å²) >= 11 is 0. The van der Waals surface area contributed by atoms with Gasteiger partial charge in [-0.2, -0.15) is 0 Å². The number of sulfone groups is 1. The lowest BCUT2D eigenvalue weighted by Crippen LogP contribution is -2.46. The molecular weight excluding hydrogens is 427 g/mol. The molecule has 2 rings (SSSR count). The lowest BCUT2D eigenvalue weighted by Gasteiger charge is -2.25. The molecule has 0 aliphatic carbocycles. The van der Waals surface area contributed by atoms with Gasteiger partial charge in [-0.15, -0.1) is 0 Å². The number of rotatable bonds is 8. The van der Waals surface area contributed by atoms with Crippen molar-refractivity contribution in [3.05, 3.63) is 41.7 Å². The molecule has 0 saturated heterocycles. The summed E-state index contributed by atoms with van der Waals surface area (Å²) in [5.74, 6) is -1.54. The van der Waals surface area contributed by atoms with Crippen LogP contribution in [0.5, 0.6) is 5.88 Å². The van der Waals surface area contributed by atoms with Gasteiger partial charge in [0.25, 0.3) is 0 Å². The molecule has 1 amide bonds. The number of nitrogens with one attached hydrogen (secondary N) is 2. The van der Waals surface area contributed by atoms with Gasteiger partial charge in [0.05, 0.1) is 37.1 Å². The predicted molar refractivity (Wildman–Crippen MR) is 115 cm³/mol. The quantitative estimate of drug-likeness (QED) is 0.309. The third kappa shape index (κ3) is 6.95. The third-order valence-corrected chi connectivity index (χ3v) is 7.20. The normalized spacial score (nSPS) is 12.2. The molecule has 170 valence electrons. The van der Waals surface area contributed by atoms with Crippen LogP contribution in [0, 0.1) is 18.2 Å². The van der Waals surface area contributed by atoms with E-state index in [0.717, 1.165) is 11.9 Å². The Hall–Kier alpha value is -3.15. The van der Waals surface area contributed by atoms with Gasteiger partial charge in [0.1, 0.15) is 22.2 Å². The number of carbonyl (C=O) groups is 1. The van der Waals surface area contributed by atoms with Gasteiger partial charge in [0.15, 0.2) is 9.84 Å². The van der Waals surface area contributed by atoms with Gasteiger partial charge in [0, 0.05) is 0 Å². The van der Waals surface area contributed by atoms with Crippen LogP contribution in [0.3, 0.4) is 0 Å². The molecule has 0 spiro atoms. The van der Waals surface area contributed by atoms with E-state index >= 15 is 0 Å². The van der Waals surface area contributed by atoms with Crippen LogP contribution in [-0.4, -0.2) is 53.2 Å². The minimum atomic E-state index is -3.77. The van der Waals surface area contributed by atoms with Crippen molar-refractivity contribution in [3.8, 4) is 5.88 Å². The Morgan fingerprint density at radius 3 is 2.45 bits per heavy atom. The summed E-state index contributed by atoms with van der Waals surface area (Å²) in [7, 11) is -2.21. The monoisotopic (exact) mass is 454 g/mol. The summed E-state index contributed by atoms with van der Waals surface area (Å²) in [6.07, 6.45) is 4.57. The minimum Gasteiger partial charge on any atom is -0.480 e. The molecule has 1 unspecified atom stereocenters. The number of aryl methyl sites for hydroxylation is 1. The zero-order valence-corrected chi connectivity index (χ0v) is 18.8. The van der Waals surface area contributed by atoms with Crippen LogP contribution in [-0.2, 0) is 14.6 Å². The van der Waals surface area contributed by atoms with E-state index in [2.05, 4.69) is 20.3 Å². The molecule has 1 atom stereocenters. The van der Waals surface area contributed by atoms with Crippen LogP contribution in [0.25, 0.3) is 0 Å². The van der Waals surface area contributed by atoms with Gasteiger partial charge in [-0.05, 0) is 38.3 Å². The van der Waals surface area contributed by atoms with E-state index in [1.54, 1.807) is 19.5 Å². The van der Waals surface area contributed by atoms with E-state index in [1.165, 1.54) is 26.8 Å². The number of ether oxygens (including phenoxy) is 1. The molecule has 0 radical (unpaired) electrons. The first-order chi connectivity index (χ1) is 14.4. The largest absolute Gasteiger partial charge is 0.480 e. The topological polar surface area (TPSA) is 161 Å². The number of aromatic nitrogens is 3. The fourth-order valence-electron chi connectivity index (χ4n) is 2.25. The zero-order chi connectivity index (χ0) is 23.8. The number of methoxy groups -OCH3 is 1. The van der Waals surface area contributed by atoms with Crippen molar-refractivity contribution in [1.29, 1.82) is 5.41 Å². The highest BCUT2D eigenvalue weighted by Crippen LogP contribution is 2.27. The second-order valence-corrected chi connectivity index (χ2v) is 9.74. The minimum absolute atomic E-state index is 0.113. The number of pyridine rings is 1. The van der Waals surface area contributed by atoms with Crippen molar-refractivity contribution >= 4 is 27.9 Å². The first kappa shape index (κ1) is 25.9. The van der Waals surface area contributed by atoms with Crippen molar-refractivity contribution in [2.24, 2.45) is 5.73 Å². The highest BCUT2D eigenvalue weighted by Gasteiger charge is 2.38. The second kappa shape index (κ2) is 10.8. The molecule has 31 heavy (non-hydrogen) atoms. The van der Waals surface area contributed by atoms with E-state index in [0.29, 0.717) is 12.3 Å².